The maximum absolute atomic E-state index is 10.2. The predicted molar refractivity (Wildman–Crippen MR) is 45.6 cm³/mol. The van der Waals surface area contributed by atoms with Gasteiger partial charge in [-0.3, -0.25) is 0 Å². The number of nitroso groups, excluding NO2 is 3. The van der Waals surface area contributed by atoms with Gasteiger partial charge in [-0.2, -0.15) is 0 Å². The molecule has 0 amide bonds. The van der Waals surface area contributed by atoms with Crippen LogP contribution in [0.5, 0.6) is 0 Å². The molecule has 0 aromatic heterocycles. The molecule has 7 nitrogen and oxygen atoms in total. The summed E-state index contributed by atoms with van der Waals surface area (Å²) in [6.45, 7) is 0. The zero-order valence-corrected chi connectivity index (χ0v) is 6.40. The van der Waals surface area contributed by atoms with Crippen molar-refractivity contribution in [2.75, 3.05) is 0 Å². The van der Waals surface area contributed by atoms with E-state index in [9.17, 15) is 14.7 Å². The second kappa shape index (κ2) is 3.59. The van der Waals surface area contributed by atoms with E-state index in [-0.39, 0.29) is 5.69 Å². The minimum atomic E-state index is -1.69. The number of benzene rings is 1. The van der Waals surface area contributed by atoms with E-state index < -0.39 is 4.81 Å². The van der Waals surface area contributed by atoms with Crippen LogP contribution in [0.25, 0.3) is 0 Å². The monoisotopic (exact) mass is 181 g/mol. The molecule has 0 radical (unpaired) electrons. The first kappa shape index (κ1) is 9.07. The number of rotatable bonds is 4. The van der Waals surface area contributed by atoms with Crippen molar-refractivity contribution in [2.45, 2.75) is 0 Å². The first-order valence-electron chi connectivity index (χ1n) is 3.28. The van der Waals surface area contributed by atoms with Crippen molar-refractivity contribution < 1.29 is 0 Å². The van der Waals surface area contributed by atoms with Gasteiger partial charge in [0.25, 0.3) is 0 Å². The van der Waals surface area contributed by atoms with Crippen LogP contribution in [0.3, 0.4) is 0 Å². The van der Waals surface area contributed by atoms with Gasteiger partial charge in [0.15, 0.2) is 4.81 Å². The van der Waals surface area contributed by atoms with Gasteiger partial charge in [0, 0.05) is 12.1 Å². The van der Waals surface area contributed by atoms with Crippen LogP contribution in [0, 0.1) is 14.7 Å². The van der Waals surface area contributed by atoms with Gasteiger partial charge in [0.2, 0.25) is 21.5 Å². The molecule has 0 bridgehead atoms. The third-order valence-corrected chi connectivity index (χ3v) is 1.44. The van der Waals surface area contributed by atoms with Crippen LogP contribution in [0.1, 0.15) is 0 Å². The molecule has 13 heavy (non-hydrogen) atoms. The summed E-state index contributed by atoms with van der Waals surface area (Å²) in [5, 5.41) is 6.77. The molecule has 66 valence electrons. The van der Waals surface area contributed by atoms with Crippen LogP contribution in [0.4, 0.5) is 5.69 Å². The fourth-order valence-corrected chi connectivity index (χ4v) is 0.814. The first-order valence-corrected chi connectivity index (χ1v) is 3.28. The van der Waals surface area contributed by atoms with Crippen LogP contribution in [-0.2, 0) is 0 Å². The summed E-state index contributed by atoms with van der Waals surface area (Å²) < 4.78 is 0. The Labute approximate surface area is 72.4 Å². The lowest BCUT2D eigenvalue weighted by atomic mass is 10.3. The Morgan fingerprint density at radius 3 is 1.69 bits per heavy atom. The third kappa shape index (κ3) is 1.44. The second-order valence-electron chi connectivity index (χ2n) is 2.15. The zero-order valence-electron chi connectivity index (χ0n) is 6.40. The fraction of sp³-hybridized carbons (Fsp3) is 0. The van der Waals surface area contributed by atoms with E-state index in [2.05, 4.69) is 15.9 Å². The van der Waals surface area contributed by atoms with Gasteiger partial charge in [0.1, 0.15) is 0 Å². The van der Waals surface area contributed by atoms with Crippen molar-refractivity contribution in [1.29, 1.82) is 0 Å². The van der Waals surface area contributed by atoms with Crippen molar-refractivity contribution in [2.24, 2.45) is 15.9 Å². The topological polar surface area (TPSA) is 88.3 Å². The van der Waals surface area contributed by atoms with Crippen LogP contribution in [0.15, 0.2) is 46.2 Å². The van der Waals surface area contributed by atoms with Gasteiger partial charge in [-0.1, -0.05) is 32.9 Å². The van der Waals surface area contributed by atoms with Crippen molar-refractivity contribution in [3.05, 3.63) is 45.1 Å². The van der Waals surface area contributed by atoms with E-state index in [4.69, 9.17) is 0 Å². The minimum absolute atomic E-state index is 0.00231. The highest BCUT2D eigenvalue weighted by atomic mass is 16.5. The maximum Gasteiger partial charge on any atom is 0.227 e. The Hall–Kier alpha value is -2.02. The average Bonchev–Trinajstić information content (AvgIpc) is 2.23. The Balaban J connectivity index is 3.23. The van der Waals surface area contributed by atoms with E-state index in [1.807, 2.05) is 0 Å². The van der Waals surface area contributed by atoms with Gasteiger partial charge in [-0.25, -0.2) is 0 Å². The van der Waals surface area contributed by atoms with Gasteiger partial charge in [-0.05, 0) is 0 Å². The lowest BCUT2D eigenvalue weighted by Crippen LogP contribution is -2.28. The molecule has 0 spiro atoms. The molecule has 0 aliphatic carbocycles. The third-order valence-electron chi connectivity index (χ3n) is 1.44. The fourth-order valence-electron chi connectivity index (χ4n) is 0.814. The molecule has 0 fully saturated rings. The molecule has 1 rings (SSSR count). The Morgan fingerprint density at radius 2 is 1.31 bits per heavy atom. The number of nitrogens with zero attached hydrogens (tertiary/aromatic N) is 4. The van der Waals surface area contributed by atoms with Crippen LogP contribution in [-0.4, -0.2) is 0 Å². The summed E-state index contributed by atoms with van der Waals surface area (Å²) in [6.07, 6.45) is 0. The summed E-state index contributed by atoms with van der Waals surface area (Å²) in [5.41, 5.74) is 0.00231. The highest BCUT2D eigenvalue weighted by Crippen LogP contribution is 2.24. The van der Waals surface area contributed by atoms with Crippen LogP contribution < -0.4 is 4.81 Å². The second-order valence-corrected chi connectivity index (χ2v) is 2.15. The van der Waals surface area contributed by atoms with E-state index in [0.717, 1.165) is 0 Å². The lowest BCUT2D eigenvalue weighted by molar-refractivity contribution is 0.303. The molecular formula is C6H5N4O3+. The highest BCUT2D eigenvalue weighted by Gasteiger charge is 2.39. The normalized spacial score (nSPS) is 10.5. The molecule has 1 aromatic carbocycles. The van der Waals surface area contributed by atoms with E-state index in [1.165, 1.54) is 24.3 Å². The van der Waals surface area contributed by atoms with Crippen LogP contribution >= 0.6 is 0 Å². The van der Waals surface area contributed by atoms with E-state index in [0.29, 0.717) is 0 Å². The molecule has 0 atom stereocenters. The smallest absolute Gasteiger partial charge is 0.0849 e. The summed E-state index contributed by atoms with van der Waals surface area (Å²) in [6, 6.07) is 7.42. The van der Waals surface area contributed by atoms with E-state index >= 15 is 0 Å². The van der Waals surface area contributed by atoms with E-state index in [1.54, 1.807) is 6.07 Å². The molecule has 0 N–H and O–H groups in total. The average molecular weight is 181 g/mol. The number of quaternary nitrogens is 1. The van der Waals surface area contributed by atoms with Gasteiger partial charge >= 0.3 is 0 Å². The standard InChI is InChI=1S/C6H5N4O3/c11-7-10(8-12,9-13)6-4-2-1-3-5-6/h1-5H/q+1. The summed E-state index contributed by atoms with van der Waals surface area (Å²) in [4.78, 5) is 29.0. The highest BCUT2D eigenvalue weighted by molar-refractivity contribution is 5.39. The maximum atomic E-state index is 10.2. The molecule has 0 heterocycles. The summed E-state index contributed by atoms with van der Waals surface area (Å²) in [7, 11) is 0. The SMILES string of the molecule is O=N[N+](N=O)(N=O)c1ccccc1. The van der Waals surface area contributed by atoms with Crippen molar-refractivity contribution >= 4 is 5.69 Å². The summed E-state index contributed by atoms with van der Waals surface area (Å²) >= 11 is 0. The minimum Gasteiger partial charge on any atom is -0.0849 e. The molecule has 0 saturated carbocycles. The largest absolute Gasteiger partial charge is 0.227 e. The first-order chi connectivity index (χ1) is 6.29. The van der Waals surface area contributed by atoms with Gasteiger partial charge in [0.05, 0.1) is 0 Å². The molecule has 0 saturated heterocycles. The number of hydrogen-bond donors (Lipinski definition) is 0. The van der Waals surface area contributed by atoms with Crippen molar-refractivity contribution in [1.82, 2.24) is 4.81 Å². The predicted octanol–water partition coefficient (Wildman–Crippen LogP) is 2.04. The Bertz CT molecular complexity index is 304. The van der Waals surface area contributed by atoms with Crippen molar-refractivity contribution in [3.63, 3.8) is 0 Å². The Morgan fingerprint density at radius 1 is 0.846 bits per heavy atom. The van der Waals surface area contributed by atoms with Gasteiger partial charge < -0.3 is 0 Å². The summed E-state index contributed by atoms with van der Waals surface area (Å²) in [5.74, 6) is 0. The van der Waals surface area contributed by atoms with Crippen LogP contribution in [0.2, 0.25) is 0 Å². The molecule has 7 heteroatoms. The molecular weight excluding hydrogens is 176 g/mol. The molecule has 0 unspecified atom stereocenters. The zero-order chi connectivity index (χ0) is 9.73. The molecule has 0 aliphatic heterocycles. The lowest BCUT2D eigenvalue weighted by Gasteiger charge is -2.03. The molecule has 0 aliphatic rings. The quantitative estimate of drug-likeness (QED) is 0.404. The van der Waals surface area contributed by atoms with Crippen molar-refractivity contribution in [3.8, 4) is 0 Å². The number of hydrogen-bond acceptors (Lipinski definition) is 6. The Kier molecular flexibility index (Phi) is 2.50. The molecule has 1 aromatic rings. The van der Waals surface area contributed by atoms with Gasteiger partial charge in [-0.15, -0.1) is 0 Å².